The molecule has 1 amide bonds. The van der Waals surface area contributed by atoms with Crippen LogP contribution in [0.4, 0.5) is 8.78 Å². The third kappa shape index (κ3) is 4.03. The number of alkyl halides is 1. The Balaban J connectivity index is 2.75. The number of amides is 1. The number of hydrogen-bond acceptors (Lipinski definition) is 2. The molecule has 0 radical (unpaired) electrons. The van der Waals surface area contributed by atoms with Crippen molar-refractivity contribution in [3.8, 4) is 0 Å². The molecule has 1 atom stereocenters. The van der Waals surface area contributed by atoms with E-state index < -0.39 is 23.1 Å². The van der Waals surface area contributed by atoms with Gasteiger partial charge in [0.25, 0.3) is 5.91 Å². The summed E-state index contributed by atoms with van der Waals surface area (Å²) in [4.78, 5) is 11.8. The molecule has 0 aromatic heterocycles. The van der Waals surface area contributed by atoms with Gasteiger partial charge in [0.1, 0.15) is 17.2 Å². The summed E-state index contributed by atoms with van der Waals surface area (Å²) < 4.78 is 31.6. The average Bonchev–Trinajstić information content (AvgIpc) is 2.34. The maximum absolute atomic E-state index is 13.4. The lowest BCUT2D eigenvalue weighted by Crippen LogP contribution is -2.37. The number of methoxy groups -OCH3 is 1. The van der Waals surface area contributed by atoms with E-state index in [0.717, 1.165) is 12.1 Å². The molecule has 1 aromatic rings. The smallest absolute Gasteiger partial charge is 0.257 e. The highest BCUT2D eigenvalue weighted by Crippen LogP contribution is 2.12. The number of ether oxygens (including phenoxy) is 1. The molecule has 0 aliphatic carbocycles. The predicted octanol–water partition coefficient (Wildman–Crippen LogP) is 2.49. The molecule has 1 N–H and O–H groups in total. The summed E-state index contributed by atoms with van der Waals surface area (Å²) >= 11 is 3.23. The van der Waals surface area contributed by atoms with Crippen LogP contribution in [0.2, 0.25) is 0 Å². The molecule has 0 saturated heterocycles. The summed E-state index contributed by atoms with van der Waals surface area (Å²) in [7, 11) is 1.55. The van der Waals surface area contributed by atoms with Crippen molar-refractivity contribution < 1.29 is 18.3 Å². The Kier molecular flexibility index (Phi) is 6.21. The van der Waals surface area contributed by atoms with Crippen LogP contribution in [0.5, 0.6) is 0 Å². The van der Waals surface area contributed by atoms with Crippen molar-refractivity contribution in [2.75, 3.05) is 19.0 Å². The topological polar surface area (TPSA) is 38.3 Å². The lowest BCUT2D eigenvalue weighted by Gasteiger charge is -2.16. The van der Waals surface area contributed by atoms with Crippen LogP contribution in [-0.4, -0.2) is 31.0 Å². The molecule has 3 nitrogen and oxygen atoms in total. The predicted molar refractivity (Wildman–Crippen MR) is 67.9 cm³/mol. The number of hydrogen-bond donors (Lipinski definition) is 1. The second-order valence-electron chi connectivity index (χ2n) is 3.70. The van der Waals surface area contributed by atoms with Crippen molar-refractivity contribution in [2.24, 2.45) is 0 Å². The van der Waals surface area contributed by atoms with Gasteiger partial charge in [0.05, 0.1) is 0 Å². The van der Waals surface area contributed by atoms with E-state index >= 15 is 0 Å². The molecule has 1 rings (SSSR count). The normalized spacial score (nSPS) is 12.2. The fraction of sp³-hybridized carbons (Fsp3) is 0.417. The molecular weight excluding hydrogens is 308 g/mol. The van der Waals surface area contributed by atoms with E-state index in [1.807, 2.05) is 0 Å². The molecule has 0 aliphatic heterocycles. The highest BCUT2D eigenvalue weighted by atomic mass is 79.9. The number of carbonyl (C=O) groups is 1. The van der Waals surface area contributed by atoms with Gasteiger partial charge < -0.3 is 10.1 Å². The van der Waals surface area contributed by atoms with Crippen LogP contribution in [0.3, 0.4) is 0 Å². The van der Waals surface area contributed by atoms with Crippen LogP contribution in [0.25, 0.3) is 0 Å². The quantitative estimate of drug-likeness (QED) is 0.817. The van der Waals surface area contributed by atoms with Gasteiger partial charge in [-0.25, -0.2) is 8.78 Å². The Bertz CT molecular complexity index is 395. The van der Waals surface area contributed by atoms with E-state index in [1.54, 1.807) is 7.11 Å². The fourth-order valence-electron chi connectivity index (χ4n) is 1.42. The molecule has 0 aliphatic rings. The molecule has 6 heteroatoms. The van der Waals surface area contributed by atoms with Gasteiger partial charge in [-0.05, 0) is 18.6 Å². The molecule has 1 aromatic carbocycles. The summed E-state index contributed by atoms with van der Waals surface area (Å²) in [5.74, 6) is -2.49. The van der Waals surface area contributed by atoms with Crippen molar-refractivity contribution in [3.05, 3.63) is 35.4 Å². The van der Waals surface area contributed by atoms with Crippen LogP contribution >= 0.6 is 15.9 Å². The van der Waals surface area contributed by atoms with Gasteiger partial charge in [-0.2, -0.15) is 0 Å². The fourth-order valence-corrected chi connectivity index (χ4v) is 1.91. The molecule has 100 valence electrons. The minimum atomic E-state index is -0.868. The van der Waals surface area contributed by atoms with E-state index in [1.165, 1.54) is 6.07 Å². The van der Waals surface area contributed by atoms with Gasteiger partial charge in [-0.3, -0.25) is 4.79 Å². The third-order valence-corrected chi connectivity index (χ3v) is 3.16. The van der Waals surface area contributed by atoms with E-state index in [-0.39, 0.29) is 6.04 Å². The number of halogens is 3. The van der Waals surface area contributed by atoms with E-state index in [2.05, 4.69) is 21.2 Å². The van der Waals surface area contributed by atoms with Gasteiger partial charge in [0.15, 0.2) is 0 Å². The molecule has 0 heterocycles. The molecule has 0 bridgehead atoms. The second-order valence-corrected chi connectivity index (χ2v) is 4.35. The first-order chi connectivity index (χ1) is 8.60. The maximum Gasteiger partial charge on any atom is 0.257 e. The summed E-state index contributed by atoms with van der Waals surface area (Å²) in [6.45, 7) is 0.455. The largest absolute Gasteiger partial charge is 0.385 e. The zero-order valence-electron chi connectivity index (χ0n) is 9.88. The summed E-state index contributed by atoms with van der Waals surface area (Å²) in [5, 5.41) is 3.04. The van der Waals surface area contributed by atoms with Gasteiger partial charge >= 0.3 is 0 Å². The van der Waals surface area contributed by atoms with Crippen LogP contribution in [0.1, 0.15) is 16.8 Å². The minimum absolute atomic E-state index is 0.239. The molecular formula is C12H14BrF2NO2. The molecule has 0 fully saturated rings. The Labute approximate surface area is 113 Å². The third-order valence-electron chi connectivity index (χ3n) is 2.38. The highest BCUT2D eigenvalue weighted by molar-refractivity contribution is 9.09. The average molecular weight is 322 g/mol. The maximum atomic E-state index is 13.4. The molecule has 1 unspecified atom stereocenters. The SMILES string of the molecule is COCCC(CBr)NC(=O)c1c(F)cccc1F. The first-order valence-electron chi connectivity index (χ1n) is 5.40. The van der Waals surface area contributed by atoms with Gasteiger partial charge in [0.2, 0.25) is 0 Å². The van der Waals surface area contributed by atoms with Gasteiger partial charge in [-0.15, -0.1) is 0 Å². The van der Waals surface area contributed by atoms with Crippen LogP contribution in [-0.2, 0) is 4.74 Å². The van der Waals surface area contributed by atoms with Gasteiger partial charge in [0, 0.05) is 25.1 Å². The molecule has 0 saturated carbocycles. The highest BCUT2D eigenvalue weighted by Gasteiger charge is 2.19. The van der Waals surface area contributed by atoms with Crippen molar-refractivity contribution in [1.82, 2.24) is 5.32 Å². The molecule has 0 spiro atoms. The van der Waals surface area contributed by atoms with Crippen molar-refractivity contribution in [1.29, 1.82) is 0 Å². The van der Waals surface area contributed by atoms with Crippen molar-refractivity contribution >= 4 is 21.8 Å². The van der Waals surface area contributed by atoms with Crippen LogP contribution in [0.15, 0.2) is 18.2 Å². The lowest BCUT2D eigenvalue weighted by molar-refractivity contribution is 0.0922. The second kappa shape index (κ2) is 7.43. The van der Waals surface area contributed by atoms with Crippen LogP contribution < -0.4 is 5.32 Å². The van der Waals surface area contributed by atoms with Crippen molar-refractivity contribution in [2.45, 2.75) is 12.5 Å². The van der Waals surface area contributed by atoms with Gasteiger partial charge in [-0.1, -0.05) is 22.0 Å². The number of rotatable bonds is 6. The number of benzene rings is 1. The zero-order valence-corrected chi connectivity index (χ0v) is 11.5. The van der Waals surface area contributed by atoms with Crippen LogP contribution in [0, 0.1) is 11.6 Å². The van der Waals surface area contributed by atoms with E-state index in [9.17, 15) is 13.6 Å². The summed E-state index contributed by atoms with van der Waals surface area (Å²) in [5.41, 5.74) is -0.555. The first kappa shape index (κ1) is 15.0. The Hall–Kier alpha value is -1.01. The van der Waals surface area contributed by atoms with Crippen molar-refractivity contribution in [3.63, 3.8) is 0 Å². The standard InChI is InChI=1S/C12H14BrF2NO2/c1-18-6-5-8(7-13)16-12(17)11-9(14)3-2-4-10(11)15/h2-4,8H,5-7H2,1H3,(H,16,17). The number of nitrogens with one attached hydrogen (secondary N) is 1. The lowest BCUT2D eigenvalue weighted by atomic mass is 10.1. The minimum Gasteiger partial charge on any atom is -0.385 e. The monoisotopic (exact) mass is 321 g/mol. The van der Waals surface area contributed by atoms with E-state index in [4.69, 9.17) is 4.74 Å². The Morgan fingerprint density at radius 1 is 1.44 bits per heavy atom. The molecule has 18 heavy (non-hydrogen) atoms. The number of carbonyl (C=O) groups excluding carboxylic acids is 1. The Morgan fingerprint density at radius 3 is 2.56 bits per heavy atom. The Morgan fingerprint density at radius 2 is 2.06 bits per heavy atom. The van der Waals surface area contributed by atoms with E-state index in [0.29, 0.717) is 18.4 Å². The zero-order chi connectivity index (χ0) is 13.5. The summed E-state index contributed by atoms with van der Waals surface area (Å²) in [6, 6.07) is 3.08. The first-order valence-corrected chi connectivity index (χ1v) is 6.52. The summed E-state index contributed by atoms with van der Waals surface area (Å²) in [6.07, 6.45) is 0.559.